The molecule has 16 heavy (non-hydrogen) atoms. The van der Waals surface area contributed by atoms with Gasteiger partial charge in [0.15, 0.2) is 0 Å². The number of rotatable bonds is 4. The van der Waals surface area contributed by atoms with Crippen molar-refractivity contribution in [1.82, 2.24) is 10.2 Å². The highest BCUT2D eigenvalue weighted by Crippen LogP contribution is 2.31. The second-order valence-electron chi connectivity index (χ2n) is 6.03. The molecule has 0 aromatic rings. The molecule has 0 aromatic carbocycles. The Morgan fingerprint density at radius 2 is 1.81 bits per heavy atom. The molecule has 1 saturated heterocycles. The van der Waals surface area contributed by atoms with Crippen LogP contribution < -0.4 is 5.32 Å². The van der Waals surface area contributed by atoms with Crippen molar-refractivity contribution in [2.75, 3.05) is 19.6 Å². The number of hydrogen-bond acceptors (Lipinski definition) is 2. The van der Waals surface area contributed by atoms with E-state index in [0.29, 0.717) is 0 Å². The molecule has 4 unspecified atom stereocenters. The van der Waals surface area contributed by atoms with Crippen LogP contribution in [0.15, 0.2) is 0 Å². The Hall–Kier alpha value is -0.0800. The van der Waals surface area contributed by atoms with Gasteiger partial charge in [-0.1, -0.05) is 20.8 Å². The molecule has 0 spiro atoms. The molecule has 1 aliphatic carbocycles. The molecular weight excluding hydrogens is 196 g/mol. The van der Waals surface area contributed by atoms with Crippen molar-refractivity contribution in [3.63, 3.8) is 0 Å². The van der Waals surface area contributed by atoms with Crippen LogP contribution in [0.2, 0.25) is 0 Å². The summed E-state index contributed by atoms with van der Waals surface area (Å²) in [5.41, 5.74) is 0. The lowest BCUT2D eigenvalue weighted by atomic mass is 10.0. The number of nitrogens with zero attached hydrogens (tertiary/aromatic N) is 1. The Kier molecular flexibility index (Phi) is 4.26. The third kappa shape index (κ3) is 2.78. The van der Waals surface area contributed by atoms with E-state index in [1.54, 1.807) is 0 Å². The Morgan fingerprint density at radius 1 is 1.12 bits per heavy atom. The molecule has 4 atom stereocenters. The smallest absolute Gasteiger partial charge is 0.0111 e. The molecule has 0 amide bonds. The van der Waals surface area contributed by atoms with Gasteiger partial charge >= 0.3 is 0 Å². The lowest BCUT2D eigenvalue weighted by molar-refractivity contribution is 0.232. The van der Waals surface area contributed by atoms with Crippen LogP contribution in [0.5, 0.6) is 0 Å². The van der Waals surface area contributed by atoms with Crippen molar-refractivity contribution < 1.29 is 0 Å². The highest BCUT2D eigenvalue weighted by atomic mass is 15.2. The Labute approximate surface area is 101 Å². The van der Waals surface area contributed by atoms with E-state index in [1.165, 1.54) is 45.3 Å². The van der Waals surface area contributed by atoms with E-state index in [2.05, 4.69) is 31.0 Å². The number of nitrogens with one attached hydrogen (secondary N) is 1. The van der Waals surface area contributed by atoms with Gasteiger partial charge in [-0.2, -0.15) is 0 Å². The minimum atomic E-state index is 0.802. The fraction of sp³-hybridized carbons (Fsp3) is 1.00. The minimum absolute atomic E-state index is 0.802. The largest absolute Gasteiger partial charge is 0.314 e. The molecule has 2 fully saturated rings. The van der Waals surface area contributed by atoms with Gasteiger partial charge in [0.1, 0.15) is 0 Å². The van der Waals surface area contributed by atoms with Crippen LogP contribution in [0.3, 0.4) is 0 Å². The van der Waals surface area contributed by atoms with Gasteiger partial charge in [0.2, 0.25) is 0 Å². The fourth-order valence-corrected chi connectivity index (χ4v) is 3.30. The minimum Gasteiger partial charge on any atom is -0.314 e. The molecule has 0 aromatic heterocycles. The molecule has 2 rings (SSSR count). The summed E-state index contributed by atoms with van der Waals surface area (Å²) < 4.78 is 0. The number of likely N-dealkylation sites (tertiary alicyclic amines) is 1. The van der Waals surface area contributed by atoms with Crippen LogP contribution in [-0.2, 0) is 0 Å². The lowest BCUT2D eigenvalue weighted by Gasteiger charge is -2.24. The fourth-order valence-electron chi connectivity index (χ4n) is 3.30. The summed E-state index contributed by atoms with van der Waals surface area (Å²) in [6.45, 7) is 10.9. The molecule has 2 aliphatic rings. The summed E-state index contributed by atoms with van der Waals surface area (Å²) in [6.07, 6.45) is 5.46. The first-order chi connectivity index (χ1) is 7.70. The summed E-state index contributed by atoms with van der Waals surface area (Å²) in [5, 5.41) is 3.68. The first-order valence-electron chi connectivity index (χ1n) is 7.18. The first kappa shape index (κ1) is 12.4. The zero-order valence-electron chi connectivity index (χ0n) is 11.2. The molecule has 0 bridgehead atoms. The van der Waals surface area contributed by atoms with Gasteiger partial charge in [-0.3, -0.25) is 4.90 Å². The third-order valence-electron chi connectivity index (χ3n) is 4.62. The average Bonchev–Trinajstić information content (AvgIpc) is 2.84. The second kappa shape index (κ2) is 5.50. The zero-order valence-corrected chi connectivity index (χ0v) is 11.2. The van der Waals surface area contributed by atoms with E-state index in [1.807, 2.05) is 0 Å². The Morgan fingerprint density at radius 3 is 2.44 bits per heavy atom. The van der Waals surface area contributed by atoms with Gasteiger partial charge in [-0.15, -0.1) is 0 Å². The maximum absolute atomic E-state index is 3.68. The highest BCUT2D eigenvalue weighted by Gasteiger charge is 2.34. The summed E-state index contributed by atoms with van der Waals surface area (Å²) >= 11 is 0. The Balaban J connectivity index is 1.76. The monoisotopic (exact) mass is 224 g/mol. The summed E-state index contributed by atoms with van der Waals surface area (Å²) in [6, 6.07) is 1.68. The second-order valence-corrected chi connectivity index (χ2v) is 6.03. The predicted octanol–water partition coefficient (Wildman–Crippen LogP) is 2.49. The van der Waals surface area contributed by atoms with Crippen LogP contribution in [0.4, 0.5) is 0 Å². The van der Waals surface area contributed by atoms with E-state index < -0.39 is 0 Å². The maximum atomic E-state index is 3.68. The van der Waals surface area contributed by atoms with E-state index in [-0.39, 0.29) is 0 Å². The third-order valence-corrected chi connectivity index (χ3v) is 4.62. The molecule has 94 valence electrons. The van der Waals surface area contributed by atoms with Crippen molar-refractivity contribution in [2.45, 2.75) is 58.5 Å². The molecule has 1 heterocycles. The first-order valence-corrected chi connectivity index (χ1v) is 7.18. The standard InChI is InChI=1S/C14H28N2/c1-4-7-15-13-5-6-14(8-13)16-9-11(2)12(3)10-16/h11-15H,4-10H2,1-3H3. The maximum Gasteiger partial charge on any atom is 0.0111 e. The molecule has 1 saturated carbocycles. The van der Waals surface area contributed by atoms with Gasteiger partial charge in [0, 0.05) is 25.2 Å². The van der Waals surface area contributed by atoms with Crippen molar-refractivity contribution in [1.29, 1.82) is 0 Å². The topological polar surface area (TPSA) is 15.3 Å². The van der Waals surface area contributed by atoms with Crippen LogP contribution in [0.25, 0.3) is 0 Å². The van der Waals surface area contributed by atoms with Gasteiger partial charge in [-0.25, -0.2) is 0 Å². The van der Waals surface area contributed by atoms with Crippen LogP contribution in [0, 0.1) is 11.8 Å². The van der Waals surface area contributed by atoms with Gasteiger partial charge in [-0.05, 0) is 44.1 Å². The molecule has 1 N–H and O–H groups in total. The van der Waals surface area contributed by atoms with Gasteiger partial charge in [0.25, 0.3) is 0 Å². The lowest BCUT2D eigenvalue weighted by Crippen LogP contribution is -2.34. The Bertz CT molecular complexity index is 207. The average molecular weight is 224 g/mol. The molecule has 2 nitrogen and oxygen atoms in total. The quantitative estimate of drug-likeness (QED) is 0.789. The van der Waals surface area contributed by atoms with Crippen LogP contribution >= 0.6 is 0 Å². The summed E-state index contributed by atoms with van der Waals surface area (Å²) in [7, 11) is 0. The van der Waals surface area contributed by atoms with Crippen molar-refractivity contribution in [3.05, 3.63) is 0 Å². The van der Waals surface area contributed by atoms with E-state index >= 15 is 0 Å². The molecule has 1 aliphatic heterocycles. The normalized spacial score (nSPS) is 40.7. The van der Waals surface area contributed by atoms with Crippen molar-refractivity contribution in [2.24, 2.45) is 11.8 Å². The SMILES string of the molecule is CCCNC1CCC(N2CC(C)C(C)C2)C1. The number of hydrogen-bond donors (Lipinski definition) is 1. The molecule has 2 heteroatoms. The summed E-state index contributed by atoms with van der Waals surface area (Å²) in [5.74, 6) is 1.81. The summed E-state index contributed by atoms with van der Waals surface area (Å²) in [4.78, 5) is 2.75. The van der Waals surface area contributed by atoms with E-state index in [0.717, 1.165) is 23.9 Å². The van der Waals surface area contributed by atoms with Gasteiger partial charge in [0.05, 0.1) is 0 Å². The predicted molar refractivity (Wildman–Crippen MR) is 69.6 cm³/mol. The highest BCUT2D eigenvalue weighted by molar-refractivity contribution is 4.91. The van der Waals surface area contributed by atoms with Crippen LogP contribution in [0.1, 0.15) is 46.5 Å². The van der Waals surface area contributed by atoms with Crippen molar-refractivity contribution >= 4 is 0 Å². The van der Waals surface area contributed by atoms with Gasteiger partial charge < -0.3 is 5.32 Å². The van der Waals surface area contributed by atoms with E-state index in [9.17, 15) is 0 Å². The zero-order chi connectivity index (χ0) is 11.5. The van der Waals surface area contributed by atoms with E-state index in [4.69, 9.17) is 0 Å². The molecule has 0 radical (unpaired) electrons. The van der Waals surface area contributed by atoms with Crippen LogP contribution in [-0.4, -0.2) is 36.6 Å². The van der Waals surface area contributed by atoms with Crippen molar-refractivity contribution in [3.8, 4) is 0 Å². The molecular formula is C14H28N2.